The summed E-state index contributed by atoms with van der Waals surface area (Å²) in [6.45, 7) is 18.6. The Kier molecular flexibility index (Phi) is 7.17. The fourth-order valence-corrected chi connectivity index (χ4v) is 11.5. The van der Waals surface area contributed by atoms with E-state index in [0.29, 0.717) is 23.7 Å². The number of ether oxygens (including phenoxy) is 2. The van der Waals surface area contributed by atoms with Gasteiger partial charge in [0.2, 0.25) is 0 Å². The van der Waals surface area contributed by atoms with Crippen LogP contribution in [0.2, 0.25) is 0 Å². The summed E-state index contributed by atoms with van der Waals surface area (Å²) < 4.78 is 11.6. The van der Waals surface area contributed by atoms with E-state index < -0.39 is 5.41 Å². The third-order valence-corrected chi connectivity index (χ3v) is 14.0. The number of carbonyl (C=O) groups excluding carboxylic acids is 2. The first-order valence-corrected chi connectivity index (χ1v) is 15.8. The number of aliphatic hydroxyl groups excluding tert-OH is 1. The molecule has 0 spiro atoms. The van der Waals surface area contributed by atoms with Crippen molar-refractivity contribution < 1.29 is 24.2 Å². The van der Waals surface area contributed by atoms with Gasteiger partial charge in [0.15, 0.2) is 0 Å². The summed E-state index contributed by atoms with van der Waals surface area (Å²) in [6.07, 6.45) is 11.9. The lowest BCUT2D eigenvalue weighted by Crippen LogP contribution is -2.65. The summed E-state index contributed by atoms with van der Waals surface area (Å²) in [7, 11) is 0. The van der Waals surface area contributed by atoms with Gasteiger partial charge in [-0.15, -0.1) is 0 Å². The number of hydrogen-bond acceptors (Lipinski definition) is 5. The normalized spacial score (nSPS) is 48.4. The molecule has 5 rings (SSSR count). The Balaban J connectivity index is 1.54. The van der Waals surface area contributed by atoms with E-state index in [9.17, 15) is 14.7 Å². The van der Waals surface area contributed by atoms with Crippen molar-refractivity contribution >= 4 is 11.9 Å². The third-order valence-electron chi connectivity index (χ3n) is 14.0. The maximum Gasteiger partial charge on any atom is 0.312 e. The average Bonchev–Trinajstić information content (AvgIpc) is 2.86. The van der Waals surface area contributed by atoms with Crippen LogP contribution in [0.3, 0.4) is 0 Å². The van der Waals surface area contributed by atoms with Crippen molar-refractivity contribution in [2.75, 3.05) is 13.2 Å². The molecule has 0 amide bonds. The molecule has 0 bridgehead atoms. The first-order chi connectivity index (χ1) is 18.2. The molecule has 220 valence electrons. The van der Waals surface area contributed by atoms with E-state index in [1.54, 1.807) is 12.5 Å². The van der Waals surface area contributed by atoms with Crippen molar-refractivity contribution in [3.63, 3.8) is 0 Å². The zero-order chi connectivity index (χ0) is 28.6. The van der Waals surface area contributed by atoms with Crippen molar-refractivity contribution in [3.8, 4) is 0 Å². The van der Waals surface area contributed by atoms with Crippen LogP contribution in [0.15, 0.2) is 11.6 Å². The van der Waals surface area contributed by atoms with E-state index in [4.69, 9.17) is 9.47 Å². The van der Waals surface area contributed by atoms with Gasteiger partial charge in [-0.1, -0.05) is 60.1 Å². The van der Waals surface area contributed by atoms with E-state index in [2.05, 4.69) is 54.5 Å². The number of aliphatic hydroxyl groups is 1. The third kappa shape index (κ3) is 3.94. The fraction of sp³-hybridized carbons (Fsp3) is 0.882. The smallest absolute Gasteiger partial charge is 0.312 e. The largest absolute Gasteiger partial charge is 0.463 e. The molecule has 39 heavy (non-hydrogen) atoms. The molecular weight excluding hydrogens is 488 g/mol. The zero-order valence-corrected chi connectivity index (χ0v) is 25.9. The molecule has 0 aliphatic heterocycles. The van der Waals surface area contributed by atoms with Crippen LogP contribution >= 0.6 is 0 Å². The average molecular weight is 543 g/mol. The van der Waals surface area contributed by atoms with Crippen LogP contribution in [0.5, 0.6) is 0 Å². The topological polar surface area (TPSA) is 72.8 Å². The van der Waals surface area contributed by atoms with E-state index >= 15 is 0 Å². The lowest BCUT2D eigenvalue weighted by molar-refractivity contribution is -0.214. The quantitative estimate of drug-likeness (QED) is 0.303. The molecule has 0 aromatic heterocycles. The van der Waals surface area contributed by atoms with Gasteiger partial charge in [-0.3, -0.25) is 9.59 Å². The highest BCUT2D eigenvalue weighted by atomic mass is 16.5. The number of rotatable bonds is 4. The molecule has 5 aliphatic carbocycles. The van der Waals surface area contributed by atoms with Crippen molar-refractivity contribution in [1.82, 2.24) is 0 Å². The summed E-state index contributed by atoms with van der Waals surface area (Å²) in [5.74, 6) is 2.07. The molecule has 0 aromatic carbocycles. The lowest BCUT2D eigenvalue weighted by atomic mass is 9.33. The number of hydrogen-bond donors (Lipinski definition) is 1. The number of fused-ring (bicyclic) bond motifs is 7. The van der Waals surface area contributed by atoms with Gasteiger partial charge in [-0.05, 0) is 104 Å². The maximum absolute atomic E-state index is 13.7. The van der Waals surface area contributed by atoms with E-state index in [1.165, 1.54) is 6.42 Å². The predicted molar refractivity (Wildman–Crippen MR) is 153 cm³/mol. The molecular formula is C34H54O5. The minimum atomic E-state index is -0.458. The predicted octanol–water partition coefficient (Wildman–Crippen LogP) is 7.11. The Labute approximate surface area is 236 Å². The number of esters is 2. The van der Waals surface area contributed by atoms with Crippen LogP contribution in [0, 0.1) is 56.7 Å². The van der Waals surface area contributed by atoms with Gasteiger partial charge in [-0.2, -0.15) is 0 Å². The highest BCUT2D eigenvalue weighted by Gasteiger charge is 2.69. The Morgan fingerprint density at radius 1 is 0.949 bits per heavy atom. The zero-order valence-electron chi connectivity index (χ0n) is 25.9. The first kappa shape index (κ1) is 29.1. The molecule has 0 unspecified atom stereocenters. The molecule has 5 aliphatic rings. The second-order valence-corrected chi connectivity index (χ2v) is 15.6. The molecule has 4 saturated carbocycles. The molecule has 5 heteroatoms. The van der Waals surface area contributed by atoms with Crippen LogP contribution in [-0.2, 0) is 19.1 Å². The molecule has 5 nitrogen and oxygen atoms in total. The standard InChI is InChI=1S/C34H54O5/c1-21-11-16-34(29(37)38-20-19-35)18-17-32(7)24(28(34)22(21)2)9-10-26-31(6)14-13-27(39-23(3)36)30(4,5)25(31)12-15-33(26,32)8/h9,21-22,25-28,35H,10-20H2,1-8H3/t21-,22+,25+,26-,27+,28+,31+,32-,33-,34+/m1/s1. The van der Waals surface area contributed by atoms with Crippen LogP contribution < -0.4 is 0 Å². The monoisotopic (exact) mass is 542 g/mol. The van der Waals surface area contributed by atoms with Crippen molar-refractivity contribution in [2.24, 2.45) is 56.7 Å². The number of allylic oxidation sites excluding steroid dienone is 2. The van der Waals surface area contributed by atoms with E-state index in [-0.39, 0.29) is 58.8 Å². The SMILES string of the molecule is CC(=O)O[C@H]1CC[C@]2(C)[C@H]3CC=C4[C@@H]5[C@@H](C)[C@H](C)CC[C@]5(C(=O)OCCO)CC[C@@]4(C)[C@]3(C)CC[C@H]2C1(C)C. The molecule has 1 N–H and O–H groups in total. The van der Waals surface area contributed by atoms with Gasteiger partial charge in [0.1, 0.15) is 12.7 Å². The van der Waals surface area contributed by atoms with Crippen molar-refractivity contribution in [1.29, 1.82) is 0 Å². The Morgan fingerprint density at radius 2 is 1.67 bits per heavy atom. The van der Waals surface area contributed by atoms with Crippen molar-refractivity contribution in [3.05, 3.63) is 11.6 Å². The Morgan fingerprint density at radius 3 is 2.33 bits per heavy atom. The highest BCUT2D eigenvalue weighted by Crippen LogP contribution is 2.76. The molecule has 10 atom stereocenters. The molecule has 0 heterocycles. The first-order valence-electron chi connectivity index (χ1n) is 15.8. The van der Waals surface area contributed by atoms with Gasteiger partial charge in [0.25, 0.3) is 0 Å². The Hall–Kier alpha value is -1.36. The second kappa shape index (κ2) is 9.60. The minimum absolute atomic E-state index is 0.00693. The van der Waals surface area contributed by atoms with Gasteiger partial charge >= 0.3 is 11.9 Å². The Bertz CT molecular complexity index is 1030. The number of carbonyl (C=O) groups is 2. The van der Waals surface area contributed by atoms with Gasteiger partial charge in [0, 0.05) is 12.3 Å². The fourth-order valence-electron chi connectivity index (χ4n) is 11.5. The van der Waals surface area contributed by atoms with Gasteiger partial charge in [-0.25, -0.2) is 0 Å². The van der Waals surface area contributed by atoms with E-state index in [0.717, 1.165) is 51.4 Å². The summed E-state index contributed by atoms with van der Waals surface area (Å²) >= 11 is 0. The lowest BCUT2D eigenvalue weighted by Gasteiger charge is -2.71. The van der Waals surface area contributed by atoms with Crippen LogP contribution in [0.4, 0.5) is 0 Å². The van der Waals surface area contributed by atoms with Crippen LogP contribution in [0.1, 0.15) is 113 Å². The summed E-state index contributed by atoms with van der Waals surface area (Å²) in [5, 5.41) is 9.39. The van der Waals surface area contributed by atoms with Gasteiger partial charge < -0.3 is 14.6 Å². The minimum Gasteiger partial charge on any atom is -0.463 e. The molecule has 0 saturated heterocycles. The summed E-state index contributed by atoms with van der Waals surface area (Å²) in [4.78, 5) is 25.7. The summed E-state index contributed by atoms with van der Waals surface area (Å²) in [5.41, 5.74) is 1.45. The second-order valence-electron chi connectivity index (χ2n) is 15.6. The van der Waals surface area contributed by atoms with E-state index in [1.807, 2.05) is 0 Å². The summed E-state index contributed by atoms with van der Waals surface area (Å²) in [6, 6.07) is 0. The van der Waals surface area contributed by atoms with Crippen molar-refractivity contribution in [2.45, 2.75) is 119 Å². The molecule has 4 fully saturated rings. The van der Waals surface area contributed by atoms with Gasteiger partial charge in [0.05, 0.1) is 12.0 Å². The maximum atomic E-state index is 13.7. The highest BCUT2D eigenvalue weighted by molar-refractivity contribution is 5.79. The molecule has 0 radical (unpaired) electrons. The van der Waals surface area contributed by atoms with Crippen LogP contribution in [0.25, 0.3) is 0 Å². The molecule has 0 aromatic rings. The van der Waals surface area contributed by atoms with Crippen LogP contribution in [-0.4, -0.2) is 36.4 Å².